The molecule has 2 aliphatic carbocycles. The van der Waals surface area contributed by atoms with Crippen LogP contribution in [0, 0.1) is 0 Å². The molecular weight excluding hydrogens is 468 g/mol. The Bertz CT molecular complexity index is 2640. The zero-order valence-electron chi connectivity index (χ0n) is 21.0. The van der Waals surface area contributed by atoms with Crippen molar-refractivity contribution in [3.63, 3.8) is 0 Å². The highest BCUT2D eigenvalue weighted by atomic mass is 14.3. The highest BCUT2D eigenvalue weighted by Crippen LogP contribution is 2.52. The standard InChI is InChI=1S/C39H20/c1-2-7-27-22(4-1)16-26-17-24-11-15-30-29-13-10-21-9-8-20-5-3-6-23-18-31(38(29)35(21)33(20)23)32-19-25-12-14-28(27)34(26)36(25)37(24)39(30)32/h1-19,27H. The van der Waals surface area contributed by atoms with Crippen LogP contribution in [0.2, 0.25) is 0 Å². The Kier molecular flexibility index (Phi) is 3.05. The molecule has 0 nitrogen and oxygen atoms in total. The van der Waals surface area contributed by atoms with Crippen LogP contribution < -0.4 is 0 Å². The van der Waals surface area contributed by atoms with E-state index in [-0.39, 0.29) is 0 Å². The monoisotopic (exact) mass is 488 g/mol. The number of hydrogen-bond acceptors (Lipinski definition) is 0. The van der Waals surface area contributed by atoms with Crippen molar-refractivity contribution < 1.29 is 0 Å². The smallest absolute Gasteiger partial charge is 0.0279 e. The average molecular weight is 489 g/mol. The molecule has 9 aromatic carbocycles. The van der Waals surface area contributed by atoms with E-state index in [4.69, 9.17) is 0 Å². The summed E-state index contributed by atoms with van der Waals surface area (Å²) in [6, 6.07) is 32.9. The van der Waals surface area contributed by atoms with Crippen molar-refractivity contribution in [2.75, 3.05) is 0 Å². The lowest BCUT2D eigenvalue weighted by Gasteiger charge is -2.28. The van der Waals surface area contributed by atoms with Gasteiger partial charge in [-0.25, -0.2) is 0 Å². The highest BCUT2D eigenvalue weighted by molar-refractivity contribution is 6.44. The van der Waals surface area contributed by atoms with Gasteiger partial charge in [-0.2, -0.15) is 0 Å². The van der Waals surface area contributed by atoms with E-state index in [0.717, 1.165) is 0 Å². The Labute approximate surface area is 223 Å². The Balaban J connectivity index is 1.45. The molecule has 0 aliphatic heterocycles. The highest BCUT2D eigenvalue weighted by Gasteiger charge is 2.27. The van der Waals surface area contributed by atoms with Crippen LogP contribution in [0.25, 0.3) is 92.3 Å². The topological polar surface area (TPSA) is 0 Å². The molecule has 39 heavy (non-hydrogen) atoms. The first kappa shape index (κ1) is 19.2. The lowest BCUT2D eigenvalue weighted by molar-refractivity contribution is 1.03. The van der Waals surface area contributed by atoms with Crippen molar-refractivity contribution in [2.24, 2.45) is 0 Å². The fourth-order valence-corrected chi connectivity index (χ4v) is 8.35. The van der Waals surface area contributed by atoms with Gasteiger partial charge in [-0.3, -0.25) is 0 Å². The second-order valence-corrected chi connectivity index (χ2v) is 11.6. The molecule has 176 valence electrons. The molecule has 0 spiro atoms. The van der Waals surface area contributed by atoms with Crippen LogP contribution in [0.1, 0.15) is 17.0 Å². The van der Waals surface area contributed by atoms with Crippen LogP contribution in [-0.2, 0) is 0 Å². The van der Waals surface area contributed by atoms with Gasteiger partial charge in [-0.15, -0.1) is 0 Å². The number of hydrogen-bond donors (Lipinski definition) is 0. The summed E-state index contributed by atoms with van der Waals surface area (Å²) in [4.78, 5) is 0. The zero-order valence-corrected chi connectivity index (χ0v) is 21.0. The van der Waals surface area contributed by atoms with Crippen molar-refractivity contribution in [1.29, 1.82) is 0 Å². The average Bonchev–Trinajstić information content (AvgIpc) is 2.99. The molecule has 0 N–H and O–H groups in total. The molecule has 0 heteroatoms. The zero-order chi connectivity index (χ0) is 25.0. The molecule has 0 saturated heterocycles. The van der Waals surface area contributed by atoms with E-state index in [9.17, 15) is 0 Å². The molecular formula is C39H20. The molecule has 0 fully saturated rings. The van der Waals surface area contributed by atoms with Gasteiger partial charge >= 0.3 is 0 Å². The molecule has 9 aromatic rings. The van der Waals surface area contributed by atoms with Crippen LogP contribution >= 0.6 is 0 Å². The van der Waals surface area contributed by atoms with E-state index in [0.29, 0.717) is 5.92 Å². The quantitative estimate of drug-likeness (QED) is 0.147. The maximum absolute atomic E-state index is 2.49. The molecule has 0 saturated carbocycles. The molecule has 0 bridgehead atoms. The van der Waals surface area contributed by atoms with E-state index in [1.54, 1.807) is 0 Å². The first-order valence-electron chi connectivity index (χ1n) is 13.9. The molecule has 1 atom stereocenters. The van der Waals surface area contributed by atoms with Crippen molar-refractivity contribution in [3.8, 4) is 0 Å². The number of rotatable bonds is 0. The normalized spacial score (nSPS) is 16.9. The van der Waals surface area contributed by atoms with Gasteiger partial charge in [0.1, 0.15) is 0 Å². The number of benzene rings is 9. The van der Waals surface area contributed by atoms with E-state index in [2.05, 4.69) is 115 Å². The number of allylic oxidation sites excluding steroid dienone is 5. The van der Waals surface area contributed by atoms with E-state index in [1.165, 1.54) is 103 Å². The lowest BCUT2D eigenvalue weighted by atomic mass is 9.75. The summed E-state index contributed by atoms with van der Waals surface area (Å²) in [5.74, 6) is 0.339. The molecule has 0 radical (unpaired) electrons. The van der Waals surface area contributed by atoms with Crippen LogP contribution in [-0.4, -0.2) is 0 Å². The summed E-state index contributed by atoms with van der Waals surface area (Å²) in [6.45, 7) is 0. The van der Waals surface area contributed by atoms with Crippen LogP contribution in [0.3, 0.4) is 0 Å². The Morgan fingerprint density at radius 3 is 1.90 bits per heavy atom. The summed E-state index contributed by atoms with van der Waals surface area (Å²) < 4.78 is 0. The van der Waals surface area contributed by atoms with Gasteiger partial charge in [0.2, 0.25) is 0 Å². The minimum atomic E-state index is 0.339. The van der Waals surface area contributed by atoms with Crippen molar-refractivity contribution in [1.82, 2.24) is 0 Å². The summed E-state index contributed by atoms with van der Waals surface area (Å²) in [5, 5.41) is 22.1. The maximum atomic E-state index is 2.49. The van der Waals surface area contributed by atoms with Gasteiger partial charge in [0, 0.05) is 5.92 Å². The summed E-state index contributed by atoms with van der Waals surface area (Å²) >= 11 is 0. The second-order valence-electron chi connectivity index (χ2n) is 11.6. The third kappa shape index (κ3) is 2.07. The van der Waals surface area contributed by atoms with Gasteiger partial charge in [-0.05, 0) is 121 Å². The summed E-state index contributed by atoms with van der Waals surface area (Å²) in [7, 11) is 0. The number of fused-ring (bicyclic) bond motifs is 4. The maximum Gasteiger partial charge on any atom is 0.0279 e. The Hall–Kier alpha value is -4.94. The molecule has 0 amide bonds. The van der Waals surface area contributed by atoms with Crippen molar-refractivity contribution >= 4 is 92.3 Å². The largest absolute Gasteiger partial charge is 0.0726 e. The van der Waals surface area contributed by atoms with E-state index >= 15 is 0 Å². The van der Waals surface area contributed by atoms with Gasteiger partial charge in [-0.1, -0.05) is 97.1 Å². The van der Waals surface area contributed by atoms with Gasteiger partial charge < -0.3 is 0 Å². The molecule has 0 aromatic heterocycles. The SMILES string of the molecule is C1=CC2=Cc3cc4ccc5c6ccc7ccc8cccc9cc(c%10cc%11ccc(c3c%11c4c5%10)C2C=C1)c6c7c89. The van der Waals surface area contributed by atoms with Crippen LogP contribution in [0.15, 0.2) is 115 Å². The predicted molar refractivity (Wildman–Crippen MR) is 169 cm³/mol. The first-order valence-corrected chi connectivity index (χ1v) is 13.9. The molecule has 2 aliphatic rings. The first-order chi connectivity index (χ1) is 19.3. The van der Waals surface area contributed by atoms with Gasteiger partial charge in [0.05, 0.1) is 0 Å². The molecule has 11 rings (SSSR count). The fraction of sp³-hybridized carbons (Fsp3) is 0.0256. The van der Waals surface area contributed by atoms with Crippen molar-refractivity contribution in [3.05, 3.63) is 126 Å². The Morgan fingerprint density at radius 1 is 0.436 bits per heavy atom. The second kappa shape index (κ2) is 6.20. The van der Waals surface area contributed by atoms with Crippen LogP contribution in [0.4, 0.5) is 0 Å². The third-order valence-electron chi connectivity index (χ3n) is 9.85. The van der Waals surface area contributed by atoms with Crippen LogP contribution in [0.5, 0.6) is 0 Å². The molecule has 1 unspecified atom stereocenters. The van der Waals surface area contributed by atoms with E-state index in [1.807, 2.05) is 0 Å². The Morgan fingerprint density at radius 2 is 1.05 bits per heavy atom. The minimum Gasteiger partial charge on any atom is -0.0726 e. The van der Waals surface area contributed by atoms with Crippen molar-refractivity contribution in [2.45, 2.75) is 5.92 Å². The van der Waals surface area contributed by atoms with Gasteiger partial charge in [0.15, 0.2) is 0 Å². The minimum absolute atomic E-state index is 0.339. The fourth-order valence-electron chi connectivity index (χ4n) is 8.35. The van der Waals surface area contributed by atoms with Gasteiger partial charge in [0.25, 0.3) is 0 Å². The summed E-state index contributed by atoms with van der Waals surface area (Å²) in [6.07, 6.45) is 11.4. The summed E-state index contributed by atoms with van der Waals surface area (Å²) in [5.41, 5.74) is 4.18. The molecule has 0 heterocycles. The lowest BCUT2D eigenvalue weighted by Crippen LogP contribution is -2.07. The van der Waals surface area contributed by atoms with E-state index < -0.39 is 0 Å². The third-order valence-corrected chi connectivity index (χ3v) is 9.85. The predicted octanol–water partition coefficient (Wildman–Crippen LogP) is 10.8.